The third-order valence-electron chi connectivity index (χ3n) is 2.78. The Morgan fingerprint density at radius 3 is 2.55 bits per heavy atom. The minimum atomic E-state index is -4.24. The Hall–Kier alpha value is -2.85. The Bertz CT molecular complexity index is 998. The number of hydrogen-bond donors (Lipinski definition) is 3. The van der Waals surface area contributed by atoms with E-state index in [0.29, 0.717) is 11.5 Å². The van der Waals surface area contributed by atoms with E-state index in [9.17, 15) is 13.2 Å². The lowest BCUT2D eigenvalue weighted by Gasteiger charge is -2.06. The maximum Gasteiger partial charge on any atom is 0.294 e. The highest BCUT2D eigenvalue weighted by Crippen LogP contribution is 2.17. The molecule has 0 amide bonds. The van der Waals surface area contributed by atoms with E-state index in [1.165, 1.54) is 36.8 Å². The molecular weight excluding hydrogens is 310 g/mol. The maximum atomic E-state index is 11.6. The fourth-order valence-electron chi connectivity index (χ4n) is 1.77. The first-order valence-corrected chi connectivity index (χ1v) is 7.42. The van der Waals surface area contributed by atoms with Crippen molar-refractivity contribution in [2.45, 2.75) is 4.90 Å². The van der Waals surface area contributed by atoms with E-state index in [-0.39, 0.29) is 16.1 Å². The molecule has 3 aromatic rings. The molecule has 2 aromatic heterocycles. The molecule has 0 saturated heterocycles. The van der Waals surface area contributed by atoms with E-state index < -0.39 is 15.7 Å². The van der Waals surface area contributed by atoms with Gasteiger partial charge in [-0.25, -0.2) is 15.0 Å². The highest BCUT2D eigenvalue weighted by molar-refractivity contribution is 7.85. The zero-order chi connectivity index (χ0) is 15.7. The van der Waals surface area contributed by atoms with Gasteiger partial charge in [-0.2, -0.15) is 8.42 Å². The summed E-state index contributed by atoms with van der Waals surface area (Å²) in [4.78, 5) is 25.8. The first-order chi connectivity index (χ1) is 10.4. The summed E-state index contributed by atoms with van der Waals surface area (Å²) in [5, 5.41) is 2.87. The number of aromatic nitrogens is 4. The van der Waals surface area contributed by atoms with Gasteiger partial charge in [0, 0.05) is 5.69 Å². The van der Waals surface area contributed by atoms with Crippen molar-refractivity contribution >= 4 is 32.8 Å². The van der Waals surface area contributed by atoms with Crippen LogP contribution in [0.2, 0.25) is 0 Å². The molecule has 0 aliphatic rings. The Kier molecular flexibility index (Phi) is 3.31. The summed E-state index contributed by atoms with van der Waals surface area (Å²) in [5.74, 6) is 0.297. The molecule has 112 valence electrons. The molecule has 3 rings (SSSR count). The quantitative estimate of drug-likeness (QED) is 0.600. The van der Waals surface area contributed by atoms with Crippen LogP contribution >= 0.6 is 0 Å². The lowest BCUT2D eigenvalue weighted by molar-refractivity contribution is 0.483. The third kappa shape index (κ3) is 2.77. The van der Waals surface area contributed by atoms with Gasteiger partial charge in [-0.15, -0.1) is 0 Å². The van der Waals surface area contributed by atoms with Crippen LogP contribution in [0, 0.1) is 0 Å². The normalized spacial score (nSPS) is 11.5. The molecule has 0 fully saturated rings. The summed E-state index contributed by atoms with van der Waals surface area (Å²) in [7, 11) is -4.24. The van der Waals surface area contributed by atoms with Gasteiger partial charge in [0.2, 0.25) is 0 Å². The van der Waals surface area contributed by atoms with Gasteiger partial charge in [-0.05, 0) is 24.3 Å². The molecule has 10 heteroatoms. The number of anilines is 2. The van der Waals surface area contributed by atoms with Crippen molar-refractivity contribution in [3.05, 3.63) is 47.1 Å². The maximum absolute atomic E-state index is 11.6. The van der Waals surface area contributed by atoms with Crippen LogP contribution in [-0.4, -0.2) is 32.9 Å². The molecule has 9 nitrogen and oxygen atoms in total. The van der Waals surface area contributed by atoms with Crippen LogP contribution in [-0.2, 0) is 10.1 Å². The molecule has 0 radical (unpaired) electrons. The van der Waals surface area contributed by atoms with Crippen molar-refractivity contribution in [2.75, 3.05) is 5.32 Å². The van der Waals surface area contributed by atoms with Crippen LogP contribution in [0.15, 0.2) is 46.5 Å². The van der Waals surface area contributed by atoms with E-state index in [2.05, 4.69) is 25.3 Å². The van der Waals surface area contributed by atoms with Crippen LogP contribution in [0.5, 0.6) is 0 Å². The molecule has 1 aromatic carbocycles. The zero-order valence-electron chi connectivity index (χ0n) is 10.9. The lowest BCUT2D eigenvalue weighted by atomic mass is 10.3. The van der Waals surface area contributed by atoms with E-state index in [1.54, 1.807) is 0 Å². The molecule has 0 unspecified atom stereocenters. The molecule has 0 bridgehead atoms. The average molecular weight is 319 g/mol. The number of nitrogens with zero attached hydrogens (tertiary/aromatic N) is 3. The number of aromatic amines is 1. The molecule has 3 N–H and O–H groups in total. The number of rotatable bonds is 3. The van der Waals surface area contributed by atoms with Gasteiger partial charge < -0.3 is 10.3 Å². The molecule has 22 heavy (non-hydrogen) atoms. The topological polar surface area (TPSA) is 138 Å². The van der Waals surface area contributed by atoms with Crippen molar-refractivity contribution in [2.24, 2.45) is 0 Å². The minimum Gasteiger partial charge on any atom is -0.339 e. The second kappa shape index (κ2) is 5.16. The molecule has 2 heterocycles. The Morgan fingerprint density at radius 1 is 1.14 bits per heavy atom. The van der Waals surface area contributed by atoms with Crippen LogP contribution in [0.1, 0.15) is 0 Å². The molecule has 0 atom stereocenters. The Morgan fingerprint density at radius 2 is 1.86 bits per heavy atom. The Balaban J connectivity index is 1.93. The van der Waals surface area contributed by atoms with E-state index in [4.69, 9.17) is 4.55 Å². The van der Waals surface area contributed by atoms with Crippen molar-refractivity contribution in [1.82, 2.24) is 19.9 Å². The highest BCUT2D eigenvalue weighted by Gasteiger charge is 2.09. The monoisotopic (exact) mass is 319 g/mol. The van der Waals surface area contributed by atoms with Gasteiger partial charge in [0.1, 0.15) is 5.82 Å². The lowest BCUT2D eigenvalue weighted by Crippen LogP contribution is -2.10. The number of H-pyrrole nitrogens is 1. The van der Waals surface area contributed by atoms with E-state index in [1.807, 2.05) is 0 Å². The van der Waals surface area contributed by atoms with Crippen molar-refractivity contribution in [3.63, 3.8) is 0 Å². The Labute approximate surface area is 123 Å². The first kappa shape index (κ1) is 14.1. The van der Waals surface area contributed by atoms with Crippen molar-refractivity contribution in [3.8, 4) is 0 Å². The number of benzene rings is 1. The van der Waals surface area contributed by atoms with E-state index >= 15 is 0 Å². The summed E-state index contributed by atoms with van der Waals surface area (Å²) < 4.78 is 30.8. The van der Waals surface area contributed by atoms with Crippen LogP contribution in [0.25, 0.3) is 11.2 Å². The summed E-state index contributed by atoms with van der Waals surface area (Å²) in [6, 6.07) is 5.37. The van der Waals surface area contributed by atoms with Crippen LogP contribution in [0.4, 0.5) is 11.5 Å². The van der Waals surface area contributed by atoms with Gasteiger partial charge in [0.25, 0.3) is 15.7 Å². The average Bonchev–Trinajstić information content (AvgIpc) is 2.48. The summed E-state index contributed by atoms with van der Waals surface area (Å²) in [5.41, 5.74) is 0.405. The number of fused-ring (bicyclic) bond motifs is 1. The predicted octanol–water partition coefficient (Wildman–Crippen LogP) is 0.703. The third-order valence-corrected chi connectivity index (χ3v) is 3.64. The predicted molar refractivity (Wildman–Crippen MR) is 77.5 cm³/mol. The molecule has 0 saturated carbocycles. The summed E-state index contributed by atoms with van der Waals surface area (Å²) >= 11 is 0. The fraction of sp³-hybridized carbons (Fsp3) is 0. The summed E-state index contributed by atoms with van der Waals surface area (Å²) in [6.45, 7) is 0. The van der Waals surface area contributed by atoms with Gasteiger partial charge in [-0.3, -0.25) is 9.35 Å². The van der Waals surface area contributed by atoms with Gasteiger partial charge in [-0.1, -0.05) is 0 Å². The fourth-order valence-corrected chi connectivity index (χ4v) is 2.25. The van der Waals surface area contributed by atoms with Gasteiger partial charge in [0.15, 0.2) is 11.2 Å². The number of hydrogen-bond acceptors (Lipinski definition) is 7. The summed E-state index contributed by atoms with van der Waals surface area (Å²) in [6.07, 6.45) is 2.63. The SMILES string of the molecule is O=c1[nH]cnc2ncc(Nc3ccc(S(=O)(=O)O)cc3)nc12. The van der Waals surface area contributed by atoms with Crippen molar-refractivity contribution in [1.29, 1.82) is 0 Å². The molecule has 0 aliphatic heterocycles. The van der Waals surface area contributed by atoms with Crippen molar-refractivity contribution < 1.29 is 13.0 Å². The smallest absolute Gasteiger partial charge is 0.294 e. The molecule has 0 aliphatic carbocycles. The second-order valence-electron chi connectivity index (χ2n) is 4.28. The first-order valence-electron chi connectivity index (χ1n) is 5.98. The number of nitrogens with one attached hydrogen (secondary N) is 2. The zero-order valence-corrected chi connectivity index (χ0v) is 11.7. The van der Waals surface area contributed by atoms with Gasteiger partial charge in [0.05, 0.1) is 17.4 Å². The second-order valence-corrected chi connectivity index (χ2v) is 5.71. The highest BCUT2D eigenvalue weighted by atomic mass is 32.2. The molecule has 0 spiro atoms. The van der Waals surface area contributed by atoms with Gasteiger partial charge >= 0.3 is 0 Å². The van der Waals surface area contributed by atoms with E-state index in [0.717, 1.165) is 0 Å². The minimum absolute atomic E-state index is 0.0852. The standard InChI is InChI=1S/C12H9N5O4S/c18-12-10-11(14-6-15-12)13-5-9(17-10)16-7-1-3-8(4-2-7)22(19,20)21/h1-6H,(H,16,17)(H,19,20,21)(H,13,14,15,18). The largest absolute Gasteiger partial charge is 0.339 e. The van der Waals surface area contributed by atoms with Crippen LogP contribution < -0.4 is 10.9 Å². The van der Waals surface area contributed by atoms with Crippen LogP contribution in [0.3, 0.4) is 0 Å². The molecular formula is C12H9N5O4S.